The molecule has 0 saturated heterocycles. The fraction of sp³-hybridized carbons (Fsp3) is 0.714. The Morgan fingerprint density at radius 1 is 1.24 bits per heavy atom. The second-order valence-electron chi connectivity index (χ2n) is 5.88. The molecule has 0 aliphatic carbocycles. The molecule has 0 aliphatic heterocycles. The molecule has 0 atom stereocenters. The first-order valence-electron chi connectivity index (χ1n) is 6.27. The van der Waals surface area contributed by atoms with Gasteiger partial charge in [0.2, 0.25) is 0 Å². The summed E-state index contributed by atoms with van der Waals surface area (Å²) in [5.41, 5.74) is 0.138. The molecule has 1 rings (SSSR count). The zero-order chi connectivity index (χ0) is 12.9. The Morgan fingerprint density at radius 2 is 1.88 bits per heavy atom. The first-order valence-corrected chi connectivity index (χ1v) is 7.42. The van der Waals surface area contributed by atoms with Crippen LogP contribution in [0.15, 0.2) is 16.5 Å². The minimum atomic E-state index is 0.138. The molecule has 0 unspecified atom stereocenters. The van der Waals surface area contributed by atoms with E-state index < -0.39 is 0 Å². The molecule has 0 amide bonds. The third-order valence-electron chi connectivity index (χ3n) is 2.21. The summed E-state index contributed by atoms with van der Waals surface area (Å²) in [6.07, 6.45) is 0. The molecular formula is C14H25NOS. The monoisotopic (exact) mass is 255 g/mol. The fourth-order valence-electron chi connectivity index (χ4n) is 1.34. The van der Waals surface area contributed by atoms with Crippen LogP contribution in [0.3, 0.4) is 0 Å². The van der Waals surface area contributed by atoms with Gasteiger partial charge in [-0.1, -0.05) is 13.8 Å². The smallest absolute Gasteiger partial charge is 0.118 e. The number of nitrogens with one attached hydrogen (secondary N) is 1. The Morgan fingerprint density at radius 3 is 2.47 bits per heavy atom. The van der Waals surface area contributed by atoms with Crippen LogP contribution in [0.1, 0.15) is 46.1 Å². The number of furan rings is 1. The highest BCUT2D eigenvalue weighted by atomic mass is 32.2. The van der Waals surface area contributed by atoms with Gasteiger partial charge in [-0.25, -0.2) is 0 Å². The quantitative estimate of drug-likeness (QED) is 0.830. The van der Waals surface area contributed by atoms with E-state index in [2.05, 4.69) is 52.1 Å². The van der Waals surface area contributed by atoms with E-state index >= 15 is 0 Å². The maximum atomic E-state index is 5.78. The summed E-state index contributed by atoms with van der Waals surface area (Å²) in [4.78, 5) is 0. The van der Waals surface area contributed by atoms with E-state index in [-0.39, 0.29) is 5.54 Å². The van der Waals surface area contributed by atoms with Crippen LogP contribution in [0.5, 0.6) is 0 Å². The van der Waals surface area contributed by atoms with Gasteiger partial charge in [0.15, 0.2) is 0 Å². The van der Waals surface area contributed by atoms with Gasteiger partial charge in [0.25, 0.3) is 0 Å². The summed E-state index contributed by atoms with van der Waals surface area (Å²) >= 11 is 1.94. The van der Waals surface area contributed by atoms with Crippen LogP contribution in [0.2, 0.25) is 0 Å². The second kappa shape index (κ2) is 6.50. The van der Waals surface area contributed by atoms with E-state index in [0.29, 0.717) is 0 Å². The molecule has 3 heteroatoms. The zero-order valence-corrected chi connectivity index (χ0v) is 12.5. The van der Waals surface area contributed by atoms with E-state index in [1.54, 1.807) is 0 Å². The molecule has 0 fully saturated rings. The Labute approximate surface area is 110 Å². The fourth-order valence-corrected chi connectivity index (χ4v) is 2.29. The van der Waals surface area contributed by atoms with Crippen molar-refractivity contribution in [3.05, 3.63) is 23.7 Å². The third-order valence-corrected chi connectivity index (χ3v) is 3.60. The van der Waals surface area contributed by atoms with Gasteiger partial charge >= 0.3 is 0 Å². The minimum absolute atomic E-state index is 0.138. The van der Waals surface area contributed by atoms with Gasteiger partial charge < -0.3 is 9.73 Å². The molecule has 0 aromatic carbocycles. The Hall–Kier alpha value is -0.410. The highest BCUT2D eigenvalue weighted by Crippen LogP contribution is 2.18. The highest BCUT2D eigenvalue weighted by Gasteiger charge is 2.10. The van der Waals surface area contributed by atoms with Crippen LogP contribution >= 0.6 is 11.8 Å². The normalized spacial score (nSPS) is 12.4. The molecule has 1 heterocycles. The molecule has 0 aliphatic rings. The number of thioether (sulfide) groups is 1. The first-order chi connectivity index (χ1) is 7.87. The second-order valence-corrected chi connectivity index (χ2v) is 6.91. The largest absolute Gasteiger partial charge is 0.464 e. The van der Waals surface area contributed by atoms with Gasteiger partial charge in [-0.05, 0) is 44.6 Å². The maximum Gasteiger partial charge on any atom is 0.118 e. The molecule has 1 N–H and O–H groups in total. The van der Waals surface area contributed by atoms with Gasteiger partial charge in [0, 0.05) is 5.54 Å². The lowest BCUT2D eigenvalue weighted by Crippen LogP contribution is -2.34. The lowest BCUT2D eigenvalue weighted by atomic mass is 10.1. The topological polar surface area (TPSA) is 25.2 Å². The average molecular weight is 255 g/mol. The van der Waals surface area contributed by atoms with Gasteiger partial charge in [-0.15, -0.1) is 0 Å². The number of hydrogen-bond donors (Lipinski definition) is 1. The molecule has 17 heavy (non-hydrogen) atoms. The summed E-state index contributed by atoms with van der Waals surface area (Å²) in [5, 5.41) is 3.43. The summed E-state index contributed by atoms with van der Waals surface area (Å²) in [5.74, 6) is 5.03. The first kappa shape index (κ1) is 14.7. The van der Waals surface area contributed by atoms with Crippen molar-refractivity contribution in [2.24, 2.45) is 5.92 Å². The lowest BCUT2D eigenvalue weighted by Gasteiger charge is -2.19. The minimum Gasteiger partial charge on any atom is -0.464 e. The van der Waals surface area contributed by atoms with Crippen molar-refractivity contribution in [3.8, 4) is 0 Å². The molecule has 0 spiro atoms. The molecule has 0 radical (unpaired) electrons. The Bertz CT molecular complexity index is 325. The summed E-state index contributed by atoms with van der Waals surface area (Å²) in [6, 6.07) is 4.16. The SMILES string of the molecule is CC(C)CSCc1ccc(CNC(C)(C)C)o1. The Balaban J connectivity index is 2.32. The van der Waals surface area contributed by atoms with Gasteiger partial charge in [0.1, 0.15) is 11.5 Å². The molecule has 98 valence electrons. The van der Waals surface area contributed by atoms with E-state index in [1.807, 2.05) is 11.8 Å². The highest BCUT2D eigenvalue weighted by molar-refractivity contribution is 7.98. The molecule has 1 aromatic heterocycles. The van der Waals surface area contributed by atoms with Gasteiger partial charge in [-0.3, -0.25) is 0 Å². The van der Waals surface area contributed by atoms with Crippen LogP contribution in [0.25, 0.3) is 0 Å². The number of hydrogen-bond acceptors (Lipinski definition) is 3. The molecular weight excluding hydrogens is 230 g/mol. The van der Waals surface area contributed by atoms with Crippen LogP contribution in [-0.4, -0.2) is 11.3 Å². The van der Waals surface area contributed by atoms with Crippen molar-refractivity contribution in [2.75, 3.05) is 5.75 Å². The van der Waals surface area contributed by atoms with Crippen molar-refractivity contribution >= 4 is 11.8 Å². The summed E-state index contributed by atoms with van der Waals surface area (Å²) in [7, 11) is 0. The van der Waals surface area contributed by atoms with Crippen LogP contribution in [-0.2, 0) is 12.3 Å². The van der Waals surface area contributed by atoms with Crippen molar-refractivity contribution in [1.29, 1.82) is 0 Å². The Kier molecular flexibility index (Phi) is 5.60. The van der Waals surface area contributed by atoms with Crippen molar-refractivity contribution in [2.45, 2.75) is 52.5 Å². The number of rotatable bonds is 6. The molecule has 2 nitrogen and oxygen atoms in total. The maximum absolute atomic E-state index is 5.78. The molecule has 0 saturated carbocycles. The predicted octanol–water partition coefficient (Wildman–Crippen LogP) is 4.06. The lowest BCUT2D eigenvalue weighted by molar-refractivity contribution is 0.382. The van der Waals surface area contributed by atoms with E-state index in [0.717, 1.165) is 29.7 Å². The van der Waals surface area contributed by atoms with Crippen LogP contribution < -0.4 is 5.32 Å². The molecule has 0 bridgehead atoms. The van der Waals surface area contributed by atoms with Crippen molar-refractivity contribution < 1.29 is 4.42 Å². The summed E-state index contributed by atoms with van der Waals surface area (Å²) in [6.45, 7) is 11.8. The average Bonchev–Trinajstić information content (AvgIpc) is 2.61. The van der Waals surface area contributed by atoms with E-state index in [4.69, 9.17) is 4.42 Å². The zero-order valence-electron chi connectivity index (χ0n) is 11.7. The van der Waals surface area contributed by atoms with Crippen molar-refractivity contribution in [3.63, 3.8) is 0 Å². The van der Waals surface area contributed by atoms with Gasteiger partial charge in [0.05, 0.1) is 12.3 Å². The van der Waals surface area contributed by atoms with Crippen molar-refractivity contribution in [1.82, 2.24) is 5.32 Å². The predicted molar refractivity (Wildman–Crippen MR) is 76.3 cm³/mol. The van der Waals surface area contributed by atoms with Crippen LogP contribution in [0.4, 0.5) is 0 Å². The van der Waals surface area contributed by atoms with Crippen LogP contribution in [0, 0.1) is 5.92 Å². The molecule has 1 aromatic rings. The summed E-state index contributed by atoms with van der Waals surface area (Å²) < 4.78 is 5.78. The third kappa shape index (κ3) is 6.79. The standard InChI is InChI=1S/C14H25NOS/c1-11(2)9-17-10-13-7-6-12(16-13)8-15-14(3,4)5/h6-7,11,15H,8-10H2,1-5H3. The van der Waals surface area contributed by atoms with Gasteiger partial charge in [-0.2, -0.15) is 11.8 Å². The van der Waals surface area contributed by atoms with E-state index in [1.165, 1.54) is 5.75 Å². The van der Waals surface area contributed by atoms with E-state index in [9.17, 15) is 0 Å².